The Bertz CT molecular complexity index is 1420. The number of aromatic nitrogens is 1. The van der Waals surface area contributed by atoms with E-state index in [1.54, 1.807) is 12.4 Å². The number of benzene rings is 3. The molecular weight excluding hydrogens is 588 g/mol. The summed E-state index contributed by atoms with van der Waals surface area (Å²) < 4.78 is 13.4. The van der Waals surface area contributed by atoms with Gasteiger partial charge in [0.05, 0.1) is 11.1 Å². The van der Waals surface area contributed by atoms with E-state index in [0.717, 1.165) is 38.7 Å². The Morgan fingerprint density at radius 2 is 1.77 bits per heavy atom. The Hall–Kier alpha value is -3.32. The molecule has 2 atom stereocenters. The van der Waals surface area contributed by atoms with E-state index in [2.05, 4.69) is 64.9 Å². The quantitative estimate of drug-likeness (QED) is 0.146. The van der Waals surface area contributed by atoms with Crippen molar-refractivity contribution < 1.29 is 14.6 Å². The van der Waals surface area contributed by atoms with Crippen LogP contribution in [0.2, 0.25) is 5.02 Å². The highest BCUT2D eigenvalue weighted by Gasteiger charge is 2.20. The smallest absolute Gasteiger partial charge is 0.142 e. The average Bonchev–Trinajstić information content (AvgIpc) is 2.97. The maximum Gasteiger partial charge on any atom is 0.142 e. The molecule has 1 aromatic heterocycles. The maximum atomic E-state index is 10.2. The van der Waals surface area contributed by atoms with Crippen molar-refractivity contribution in [2.24, 2.45) is 5.92 Å². The molecule has 4 rings (SSSR count). The molecule has 0 amide bonds. The van der Waals surface area contributed by atoms with Crippen LogP contribution in [0.1, 0.15) is 37.0 Å². The highest BCUT2D eigenvalue weighted by molar-refractivity contribution is 9.10. The molecule has 0 fully saturated rings. The lowest BCUT2D eigenvalue weighted by Gasteiger charge is -2.24. The van der Waals surface area contributed by atoms with Crippen LogP contribution in [0.4, 0.5) is 0 Å². The van der Waals surface area contributed by atoms with Crippen molar-refractivity contribution in [2.45, 2.75) is 46.1 Å². The summed E-state index contributed by atoms with van der Waals surface area (Å²) in [6.07, 6.45) is 4.40. The highest BCUT2D eigenvalue weighted by atomic mass is 79.9. The summed E-state index contributed by atoms with van der Waals surface area (Å²) in [5.74, 6) is 1.48. The summed E-state index contributed by atoms with van der Waals surface area (Å²) in [7, 11) is 0. The van der Waals surface area contributed by atoms with Gasteiger partial charge in [-0.05, 0) is 45.1 Å². The Labute approximate surface area is 250 Å². The van der Waals surface area contributed by atoms with Gasteiger partial charge in [0, 0.05) is 46.2 Å². The molecule has 4 aromatic rings. The number of ether oxygens (including phenoxy) is 2. The van der Waals surface area contributed by atoms with Crippen LogP contribution in [0.5, 0.6) is 11.5 Å². The molecule has 0 bridgehead atoms. The van der Waals surface area contributed by atoms with Crippen molar-refractivity contribution in [3.63, 3.8) is 0 Å². The normalized spacial score (nSPS) is 12.5. The van der Waals surface area contributed by atoms with E-state index in [1.807, 2.05) is 54.6 Å². The third kappa shape index (κ3) is 7.66. The summed E-state index contributed by atoms with van der Waals surface area (Å²) in [5.41, 5.74) is 5.01. The Balaban J connectivity index is 1.57. The van der Waals surface area contributed by atoms with Crippen LogP contribution in [0.25, 0.3) is 11.1 Å². The van der Waals surface area contributed by atoms with E-state index in [4.69, 9.17) is 21.1 Å². The maximum absolute atomic E-state index is 10.2. The fourth-order valence-corrected chi connectivity index (χ4v) is 5.24. The van der Waals surface area contributed by atoms with Gasteiger partial charge < -0.3 is 19.9 Å². The second kappa shape index (κ2) is 14.4. The van der Waals surface area contributed by atoms with Crippen LogP contribution in [0.3, 0.4) is 0 Å². The number of aliphatic hydroxyl groups excluding tert-OH is 1. The molecule has 0 unspecified atom stereocenters. The summed E-state index contributed by atoms with van der Waals surface area (Å²) >= 11 is 10.5. The third-order valence-electron chi connectivity index (χ3n) is 6.86. The molecule has 0 spiro atoms. The molecule has 7 heteroatoms. The summed E-state index contributed by atoms with van der Waals surface area (Å²) in [6, 6.07) is 23.6. The number of nitrogens with zero attached hydrogens (tertiary/aromatic N) is 1. The predicted molar refractivity (Wildman–Crippen MR) is 166 cm³/mol. The molecule has 1 heterocycles. The van der Waals surface area contributed by atoms with Crippen LogP contribution in [-0.2, 0) is 19.8 Å². The monoisotopic (exact) mass is 620 g/mol. The fourth-order valence-electron chi connectivity index (χ4n) is 4.39. The lowest BCUT2D eigenvalue weighted by atomic mass is 9.97. The third-order valence-corrected chi connectivity index (χ3v) is 8.10. The second-order valence-corrected chi connectivity index (χ2v) is 10.9. The van der Waals surface area contributed by atoms with Gasteiger partial charge in [-0.3, -0.25) is 4.98 Å². The van der Waals surface area contributed by atoms with Gasteiger partial charge in [-0.1, -0.05) is 93.0 Å². The molecule has 0 aliphatic carbocycles. The Morgan fingerprint density at radius 3 is 2.48 bits per heavy atom. The summed E-state index contributed by atoms with van der Waals surface area (Å²) in [4.78, 5) is 4.18. The number of aliphatic hydroxyl groups is 1. The second-order valence-electron chi connectivity index (χ2n) is 9.71. The van der Waals surface area contributed by atoms with Crippen LogP contribution in [0, 0.1) is 5.92 Å². The van der Waals surface area contributed by atoms with E-state index < -0.39 is 0 Å². The molecule has 3 aromatic carbocycles. The minimum atomic E-state index is -0.250. The first-order chi connectivity index (χ1) is 19.4. The molecule has 5 nitrogen and oxygen atoms in total. The van der Waals surface area contributed by atoms with Crippen molar-refractivity contribution >= 4 is 27.5 Å². The molecule has 40 heavy (non-hydrogen) atoms. The first kappa shape index (κ1) is 29.7. The average molecular weight is 622 g/mol. The number of hydrogen-bond acceptors (Lipinski definition) is 5. The van der Waals surface area contributed by atoms with Gasteiger partial charge in [-0.15, -0.1) is 0 Å². The predicted octanol–water partition coefficient (Wildman–Crippen LogP) is 8.90. The van der Waals surface area contributed by atoms with Gasteiger partial charge in [-0.2, -0.15) is 0 Å². The molecule has 0 aliphatic heterocycles. The molecule has 0 aliphatic rings. The topological polar surface area (TPSA) is 63.6 Å². The number of nitrogens with one attached hydrogen (secondary N) is 1. The van der Waals surface area contributed by atoms with E-state index in [9.17, 15) is 5.11 Å². The van der Waals surface area contributed by atoms with Crippen molar-refractivity contribution in [2.75, 3.05) is 0 Å². The molecule has 0 radical (unpaired) electrons. The zero-order valence-electron chi connectivity index (χ0n) is 22.7. The van der Waals surface area contributed by atoms with Crippen LogP contribution in [-0.4, -0.2) is 16.1 Å². The van der Waals surface area contributed by atoms with Crippen LogP contribution >= 0.6 is 27.5 Å². The zero-order valence-corrected chi connectivity index (χ0v) is 25.1. The zero-order chi connectivity index (χ0) is 28.5. The van der Waals surface area contributed by atoms with E-state index in [-0.39, 0.29) is 17.7 Å². The van der Waals surface area contributed by atoms with Crippen molar-refractivity contribution in [1.29, 1.82) is 0 Å². The van der Waals surface area contributed by atoms with E-state index in [0.29, 0.717) is 36.3 Å². The Morgan fingerprint density at radius 1 is 1.00 bits per heavy atom. The molecule has 2 N–H and O–H groups in total. The standard InChI is InChI=1S/C33H34BrClN2O3/c1-4-22(2)33(23(3)38)37-19-27-16-29(35)31(17-30(27)39-20-24-10-9-15-36-18-24)40-21-26-13-8-14-28(32(26)34)25-11-6-5-7-12-25/h5-18,22,33,37-38H,3-4,19-21H2,1-2H3/t22-,33-/m0/s1. The van der Waals surface area contributed by atoms with Crippen molar-refractivity contribution in [3.05, 3.63) is 124 Å². The minimum absolute atomic E-state index is 0.113. The van der Waals surface area contributed by atoms with Gasteiger partial charge in [0.1, 0.15) is 30.5 Å². The lowest BCUT2D eigenvalue weighted by molar-refractivity contribution is 0.276. The van der Waals surface area contributed by atoms with Gasteiger partial charge >= 0.3 is 0 Å². The fraction of sp³-hybridized carbons (Fsp3) is 0.242. The van der Waals surface area contributed by atoms with Gasteiger partial charge in [0.25, 0.3) is 0 Å². The van der Waals surface area contributed by atoms with Crippen LogP contribution < -0.4 is 14.8 Å². The number of halogens is 2. The number of hydrogen-bond donors (Lipinski definition) is 2. The minimum Gasteiger partial charge on any atom is -0.511 e. The first-order valence-corrected chi connectivity index (χ1v) is 14.4. The van der Waals surface area contributed by atoms with Crippen LogP contribution in [0.15, 0.2) is 102 Å². The van der Waals surface area contributed by atoms with Crippen molar-refractivity contribution in [1.82, 2.24) is 10.3 Å². The molecule has 0 saturated carbocycles. The van der Waals surface area contributed by atoms with Gasteiger partial charge in [-0.25, -0.2) is 0 Å². The largest absolute Gasteiger partial charge is 0.511 e. The number of pyridine rings is 1. The van der Waals surface area contributed by atoms with E-state index in [1.165, 1.54) is 0 Å². The highest BCUT2D eigenvalue weighted by Crippen LogP contribution is 2.36. The number of rotatable bonds is 13. The van der Waals surface area contributed by atoms with E-state index >= 15 is 0 Å². The summed E-state index contributed by atoms with van der Waals surface area (Å²) in [5, 5.41) is 14.0. The molecule has 208 valence electrons. The SMILES string of the molecule is C=C(O)[C@@H](NCc1cc(Cl)c(OCc2cccc(-c3ccccc3)c2Br)cc1OCc1cccnc1)[C@@H](C)CC. The lowest BCUT2D eigenvalue weighted by Crippen LogP contribution is -2.36. The van der Waals surface area contributed by atoms with Crippen molar-refractivity contribution in [3.8, 4) is 22.6 Å². The Kier molecular flexibility index (Phi) is 10.6. The molecule has 0 saturated heterocycles. The summed E-state index contributed by atoms with van der Waals surface area (Å²) in [6.45, 7) is 9.01. The van der Waals surface area contributed by atoms with Gasteiger partial charge in [0.2, 0.25) is 0 Å². The first-order valence-electron chi connectivity index (χ1n) is 13.3. The molecular formula is C33H34BrClN2O3. The van der Waals surface area contributed by atoms with Gasteiger partial charge in [0.15, 0.2) is 0 Å².